The van der Waals surface area contributed by atoms with Crippen LogP contribution in [0.1, 0.15) is 56.8 Å². The minimum absolute atomic E-state index is 0.0977. The summed E-state index contributed by atoms with van der Waals surface area (Å²) in [6.45, 7) is 6.88. The third kappa shape index (κ3) is 5.47. The van der Waals surface area contributed by atoms with E-state index in [4.69, 9.17) is 4.74 Å². The number of carbonyl (C=O) groups excluding carboxylic acids is 2. The summed E-state index contributed by atoms with van der Waals surface area (Å²) in [4.78, 5) is 30.6. The van der Waals surface area contributed by atoms with Gasteiger partial charge in [0.25, 0.3) is 5.91 Å². The lowest BCUT2D eigenvalue weighted by atomic mass is 10.0. The highest BCUT2D eigenvalue weighted by atomic mass is 32.1. The van der Waals surface area contributed by atoms with Crippen LogP contribution in [0.15, 0.2) is 53.4 Å². The number of likely N-dealkylation sites (tertiary alicyclic amines) is 1. The minimum atomic E-state index is -0.495. The summed E-state index contributed by atoms with van der Waals surface area (Å²) in [5.74, 6) is 0.0977. The van der Waals surface area contributed by atoms with E-state index >= 15 is 0 Å². The fourth-order valence-electron chi connectivity index (χ4n) is 4.24. The third-order valence-electron chi connectivity index (χ3n) is 6.02. The van der Waals surface area contributed by atoms with Gasteiger partial charge in [-0.25, -0.2) is 4.79 Å². The molecule has 170 valence electrons. The Hall–Kier alpha value is -2.47. The molecule has 0 N–H and O–H groups in total. The number of thiol groups is 1. The second kappa shape index (κ2) is 9.18. The molecule has 1 saturated carbocycles. The number of benzene rings is 2. The normalized spacial score (nSPS) is 17.2. The second-order valence-electron chi connectivity index (χ2n) is 9.77. The van der Waals surface area contributed by atoms with Crippen LogP contribution < -0.4 is 0 Å². The Balaban J connectivity index is 1.42. The molecule has 1 aliphatic carbocycles. The van der Waals surface area contributed by atoms with Gasteiger partial charge in [0.15, 0.2) is 0 Å². The average Bonchev–Trinajstić information content (AvgIpc) is 3.59. The molecule has 0 radical (unpaired) electrons. The fourth-order valence-corrected chi connectivity index (χ4v) is 4.39. The lowest BCUT2D eigenvalue weighted by molar-refractivity contribution is 0.0142. The van der Waals surface area contributed by atoms with Crippen molar-refractivity contribution in [2.24, 2.45) is 0 Å². The van der Waals surface area contributed by atoms with E-state index in [1.54, 1.807) is 4.90 Å². The highest BCUT2D eigenvalue weighted by Gasteiger charge is 2.39. The van der Waals surface area contributed by atoms with Crippen LogP contribution in [0.4, 0.5) is 4.79 Å². The molecule has 1 aliphatic heterocycles. The number of amides is 2. The number of rotatable bonds is 4. The number of carbonyl (C=O) groups is 2. The van der Waals surface area contributed by atoms with E-state index in [1.807, 2.05) is 69.3 Å². The maximum atomic E-state index is 13.4. The van der Waals surface area contributed by atoms with Crippen molar-refractivity contribution in [2.75, 3.05) is 13.1 Å². The molecule has 1 heterocycles. The van der Waals surface area contributed by atoms with Gasteiger partial charge >= 0.3 is 6.09 Å². The summed E-state index contributed by atoms with van der Waals surface area (Å²) < 4.78 is 5.51. The monoisotopic (exact) mass is 452 g/mol. The zero-order valence-corrected chi connectivity index (χ0v) is 20.0. The fraction of sp³-hybridized carbons (Fsp3) is 0.462. The number of piperidine rings is 1. The summed E-state index contributed by atoms with van der Waals surface area (Å²) in [6.07, 6.45) is 3.44. The van der Waals surface area contributed by atoms with Gasteiger partial charge in [-0.05, 0) is 81.8 Å². The van der Waals surface area contributed by atoms with Crippen LogP contribution in [0.25, 0.3) is 11.1 Å². The van der Waals surface area contributed by atoms with E-state index < -0.39 is 5.60 Å². The lowest BCUT2D eigenvalue weighted by Crippen LogP contribution is -2.50. The molecule has 0 aromatic heterocycles. The topological polar surface area (TPSA) is 49.9 Å². The molecule has 5 nitrogen and oxygen atoms in total. The molecule has 0 bridgehead atoms. The van der Waals surface area contributed by atoms with Crippen LogP contribution in [0.3, 0.4) is 0 Å². The van der Waals surface area contributed by atoms with E-state index in [1.165, 1.54) is 0 Å². The molecule has 1 saturated heterocycles. The first kappa shape index (κ1) is 22.7. The molecule has 2 amide bonds. The van der Waals surface area contributed by atoms with Gasteiger partial charge in [0.05, 0.1) is 0 Å². The highest BCUT2D eigenvalue weighted by Crippen LogP contribution is 2.34. The van der Waals surface area contributed by atoms with Crippen LogP contribution >= 0.6 is 12.6 Å². The van der Waals surface area contributed by atoms with Crippen molar-refractivity contribution < 1.29 is 14.3 Å². The Morgan fingerprint density at radius 3 is 1.88 bits per heavy atom. The van der Waals surface area contributed by atoms with Gasteiger partial charge in [-0.1, -0.05) is 24.3 Å². The molecule has 2 aromatic carbocycles. The zero-order chi connectivity index (χ0) is 22.9. The van der Waals surface area contributed by atoms with Crippen LogP contribution in [-0.4, -0.2) is 52.6 Å². The Labute approximate surface area is 196 Å². The van der Waals surface area contributed by atoms with Crippen LogP contribution in [0, 0.1) is 0 Å². The highest BCUT2D eigenvalue weighted by molar-refractivity contribution is 7.80. The van der Waals surface area contributed by atoms with Gasteiger partial charge in [0.2, 0.25) is 0 Å². The van der Waals surface area contributed by atoms with Gasteiger partial charge in [-0.15, -0.1) is 12.6 Å². The molecule has 0 spiro atoms. The van der Waals surface area contributed by atoms with Gasteiger partial charge in [0.1, 0.15) is 5.60 Å². The SMILES string of the molecule is CC(C)(C)OC(=O)N1CCC(N(C(=O)c2ccc(-c3ccc(S)cc3)cc2)C2CC2)CC1. The molecule has 0 atom stereocenters. The van der Waals surface area contributed by atoms with Gasteiger partial charge in [-0.3, -0.25) is 4.79 Å². The average molecular weight is 453 g/mol. The number of nitrogens with zero attached hydrogens (tertiary/aromatic N) is 2. The quantitative estimate of drug-likeness (QED) is 0.610. The van der Waals surface area contributed by atoms with E-state index in [-0.39, 0.29) is 18.0 Å². The molecule has 2 aromatic rings. The predicted octanol–water partition coefficient (Wildman–Crippen LogP) is 5.65. The van der Waals surface area contributed by atoms with Crippen LogP contribution in [-0.2, 0) is 4.74 Å². The molecule has 2 aliphatic rings. The summed E-state index contributed by atoms with van der Waals surface area (Å²) >= 11 is 4.34. The number of hydrogen-bond donors (Lipinski definition) is 1. The number of ether oxygens (including phenoxy) is 1. The Bertz CT molecular complexity index is 954. The molecular weight excluding hydrogens is 420 g/mol. The van der Waals surface area contributed by atoms with Crippen molar-refractivity contribution in [3.8, 4) is 11.1 Å². The first-order chi connectivity index (χ1) is 15.2. The van der Waals surface area contributed by atoms with E-state index in [0.717, 1.165) is 47.3 Å². The molecule has 4 rings (SSSR count). The third-order valence-corrected chi connectivity index (χ3v) is 6.31. The first-order valence-corrected chi connectivity index (χ1v) is 11.9. The van der Waals surface area contributed by atoms with Crippen LogP contribution in [0.2, 0.25) is 0 Å². The van der Waals surface area contributed by atoms with Crippen LogP contribution in [0.5, 0.6) is 0 Å². The maximum Gasteiger partial charge on any atom is 0.410 e. The largest absolute Gasteiger partial charge is 0.444 e. The van der Waals surface area contributed by atoms with E-state index in [0.29, 0.717) is 19.1 Å². The van der Waals surface area contributed by atoms with E-state index in [9.17, 15) is 9.59 Å². The van der Waals surface area contributed by atoms with Gasteiger partial charge in [0, 0.05) is 35.6 Å². The summed E-state index contributed by atoms with van der Waals surface area (Å²) in [6, 6.07) is 16.4. The molecule has 2 fully saturated rings. The first-order valence-electron chi connectivity index (χ1n) is 11.4. The Morgan fingerprint density at radius 1 is 0.875 bits per heavy atom. The van der Waals surface area contributed by atoms with Crippen molar-refractivity contribution >= 4 is 24.6 Å². The molecule has 32 heavy (non-hydrogen) atoms. The van der Waals surface area contributed by atoms with Gasteiger partial charge < -0.3 is 14.5 Å². The standard InChI is InChI=1S/C26H32N2O3S/c1-26(2,3)31-25(30)27-16-14-22(15-17-27)28(21-10-11-21)24(29)20-6-4-18(5-7-20)19-8-12-23(32)13-9-19/h4-9,12-13,21-22,32H,10-11,14-17H2,1-3H3. The summed E-state index contributed by atoms with van der Waals surface area (Å²) in [5.41, 5.74) is 2.42. The summed E-state index contributed by atoms with van der Waals surface area (Å²) in [5, 5.41) is 0. The Kier molecular flexibility index (Phi) is 6.52. The number of hydrogen-bond acceptors (Lipinski definition) is 4. The minimum Gasteiger partial charge on any atom is -0.444 e. The predicted molar refractivity (Wildman–Crippen MR) is 129 cm³/mol. The summed E-state index contributed by atoms with van der Waals surface area (Å²) in [7, 11) is 0. The van der Waals surface area contributed by atoms with Crippen molar-refractivity contribution in [2.45, 2.75) is 69.0 Å². The Morgan fingerprint density at radius 2 is 1.38 bits per heavy atom. The maximum absolute atomic E-state index is 13.4. The van der Waals surface area contributed by atoms with Gasteiger partial charge in [-0.2, -0.15) is 0 Å². The molecule has 0 unspecified atom stereocenters. The van der Waals surface area contributed by atoms with Crippen molar-refractivity contribution in [1.29, 1.82) is 0 Å². The van der Waals surface area contributed by atoms with Crippen molar-refractivity contribution in [3.63, 3.8) is 0 Å². The smallest absolute Gasteiger partial charge is 0.410 e. The second-order valence-corrected chi connectivity index (χ2v) is 10.3. The van der Waals surface area contributed by atoms with E-state index in [2.05, 4.69) is 17.5 Å². The zero-order valence-electron chi connectivity index (χ0n) is 19.1. The molecule has 6 heteroatoms. The lowest BCUT2D eigenvalue weighted by Gasteiger charge is -2.39. The van der Waals surface area contributed by atoms with Crippen molar-refractivity contribution in [1.82, 2.24) is 9.80 Å². The van der Waals surface area contributed by atoms with Crippen molar-refractivity contribution in [3.05, 3.63) is 54.1 Å². The molecular formula is C26H32N2O3S.